The van der Waals surface area contributed by atoms with Crippen molar-refractivity contribution in [3.05, 3.63) is 30.1 Å². The second-order valence-corrected chi connectivity index (χ2v) is 6.25. The molecule has 0 aromatic carbocycles. The van der Waals surface area contributed by atoms with Gasteiger partial charge in [-0.05, 0) is 44.9 Å². The van der Waals surface area contributed by atoms with E-state index in [0.29, 0.717) is 12.1 Å². The van der Waals surface area contributed by atoms with Crippen LogP contribution in [-0.2, 0) is 4.74 Å². The molecule has 0 saturated carbocycles. The van der Waals surface area contributed by atoms with Crippen molar-refractivity contribution in [2.75, 3.05) is 26.7 Å². The van der Waals surface area contributed by atoms with Crippen LogP contribution in [0.3, 0.4) is 0 Å². The van der Waals surface area contributed by atoms with E-state index >= 15 is 0 Å². The van der Waals surface area contributed by atoms with Crippen LogP contribution >= 0.6 is 0 Å². The third-order valence-electron chi connectivity index (χ3n) is 4.50. The highest BCUT2D eigenvalue weighted by atomic mass is 16.5. The summed E-state index contributed by atoms with van der Waals surface area (Å²) in [4.78, 5) is 18.3. The lowest BCUT2D eigenvalue weighted by Gasteiger charge is -2.38. The van der Waals surface area contributed by atoms with E-state index in [1.807, 2.05) is 0 Å². The van der Waals surface area contributed by atoms with Gasteiger partial charge in [0.1, 0.15) is 0 Å². The molecular weight excluding hydrogens is 266 g/mol. The number of rotatable bonds is 3. The van der Waals surface area contributed by atoms with Gasteiger partial charge >= 0.3 is 0 Å². The lowest BCUT2D eigenvalue weighted by molar-refractivity contribution is -0.117. The number of aromatic nitrogens is 1. The van der Waals surface area contributed by atoms with Gasteiger partial charge in [0, 0.05) is 32.0 Å². The van der Waals surface area contributed by atoms with Gasteiger partial charge in [-0.15, -0.1) is 0 Å². The van der Waals surface area contributed by atoms with Gasteiger partial charge in [-0.3, -0.25) is 9.78 Å². The van der Waals surface area contributed by atoms with Crippen molar-refractivity contribution < 1.29 is 9.53 Å². The van der Waals surface area contributed by atoms with Crippen LogP contribution in [-0.4, -0.2) is 54.2 Å². The minimum Gasteiger partial charge on any atom is -0.369 e. The van der Waals surface area contributed by atoms with Crippen molar-refractivity contribution in [3.63, 3.8) is 0 Å². The van der Waals surface area contributed by atoms with Gasteiger partial charge < -0.3 is 15.0 Å². The molecule has 0 aliphatic carbocycles. The van der Waals surface area contributed by atoms with Crippen molar-refractivity contribution in [1.29, 1.82) is 0 Å². The van der Waals surface area contributed by atoms with Crippen LogP contribution in [0.2, 0.25) is 0 Å². The highest BCUT2D eigenvalue weighted by molar-refractivity contribution is 5.93. The van der Waals surface area contributed by atoms with Crippen molar-refractivity contribution >= 4 is 5.91 Å². The summed E-state index contributed by atoms with van der Waals surface area (Å²) in [6.45, 7) is 2.70. The first-order valence-electron chi connectivity index (χ1n) is 7.71. The van der Waals surface area contributed by atoms with Crippen LogP contribution in [0.1, 0.15) is 36.0 Å². The number of hydrogen-bond acceptors (Lipinski definition) is 4. The number of likely N-dealkylation sites (tertiary alicyclic amines) is 1. The van der Waals surface area contributed by atoms with E-state index in [-0.39, 0.29) is 17.6 Å². The van der Waals surface area contributed by atoms with Crippen LogP contribution in [0, 0.1) is 0 Å². The number of nitrogens with zero attached hydrogens (tertiary/aromatic N) is 2. The Balaban J connectivity index is 1.52. The number of nitrogens with one attached hydrogen (secondary N) is 1. The second kappa shape index (κ2) is 6.12. The van der Waals surface area contributed by atoms with E-state index in [1.54, 1.807) is 24.5 Å². The number of amides is 1. The molecule has 2 aliphatic rings. The zero-order valence-corrected chi connectivity index (χ0v) is 12.5. The monoisotopic (exact) mass is 289 g/mol. The predicted octanol–water partition coefficient (Wildman–Crippen LogP) is 1.45. The molecule has 0 bridgehead atoms. The molecule has 2 atom stereocenters. The minimum absolute atomic E-state index is 0.0245. The smallest absolute Gasteiger partial charge is 0.252 e. The predicted molar refractivity (Wildman–Crippen MR) is 80.1 cm³/mol. The van der Waals surface area contributed by atoms with E-state index in [1.165, 1.54) is 6.42 Å². The van der Waals surface area contributed by atoms with Crippen LogP contribution in [0.4, 0.5) is 0 Å². The number of hydrogen-bond donors (Lipinski definition) is 1. The third kappa shape index (κ3) is 3.41. The SMILES string of the molecule is CN1CC[C@@]2(CCC[C@H](CNC(=O)c3cccnc3)O2)C1. The van der Waals surface area contributed by atoms with Gasteiger partial charge in [0.25, 0.3) is 5.91 Å². The van der Waals surface area contributed by atoms with Gasteiger partial charge in [-0.2, -0.15) is 0 Å². The normalized spacial score (nSPS) is 29.7. The van der Waals surface area contributed by atoms with Gasteiger partial charge in [0.15, 0.2) is 0 Å². The molecule has 5 nitrogen and oxygen atoms in total. The van der Waals surface area contributed by atoms with E-state index in [9.17, 15) is 4.79 Å². The van der Waals surface area contributed by atoms with Gasteiger partial charge in [-0.1, -0.05) is 0 Å². The molecule has 21 heavy (non-hydrogen) atoms. The summed E-state index contributed by atoms with van der Waals surface area (Å²) in [7, 11) is 2.14. The first-order valence-corrected chi connectivity index (χ1v) is 7.71. The van der Waals surface area contributed by atoms with E-state index in [2.05, 4.69) is 22.2 Å². The average Bonchev–Trinajstić information content (AvgIpc) is 2.86. The molecule has 1 spiro atoms. The van der Waals surface area contributed by atoms with Crippen molar-refractivity contribution in [3.8, 4) is 0 Å². The van der Waals surface area contributed by atoms with Gasteiger partial charge in [-0.25, -0.2) is 0 Å². The first-order chi connectivity index (χ1) is 10.2. The number of carbonyl (C=O) groups is 1. The Bertz CT molecular complexity index is 490. The molecule has 2 saturated heterocycles. The van der Waals surface area contributed by atoms with Gasteiger partial charge in [0.2, 0.25) is 0 Å². The fraction of sp³-hybridized carbons (Fsp3) is 0.625. The molecule has 3 rings (SSSR count). The molecule has 0 unspecified atom stereocenters. The summed E-state index contributed by atoms with van der Waals surface area (Å²) in [6.07, 6.45) is 7.85. The Hall–Kier alpha value is -1.46. The summed E-state index contributed by atoms with van der Waals surface area (Å²) in [5.41, 5.74) is 0.625. The summed E-state index contributed by atoms with van der Waals surface area (Å²) < 4.78 is 6.32. The van der Waals surface area contributed by atoms with E-state index < -0.39 is 0 Å². The topological polar surface area (TPSA) is 54.5 Å². The number of pyridine rings is 1. The summed E-state index contributed by atoms with van der Waals surface area (Å²) in [5.74, 6) is -0.0742. The largest absolute Gasteiger partial charge is 0.369 e. The zero-order chi connectivity index (χ0) is 14.7. The number of carbonyl (C=O) groups excluding carboxylic acids is 1. The molecule has 3 heterocycles. The molecule has 114 valence electrons. The highest BCUT2D eigenvalue weighted by Crippen LogP contribution is 2.35. The quantitative estimate of drug-likeness (QED) is 0.915. The second-order valence-electron chi connectivity index (χ2n) is 6.25. The summed E-state index contributed by atoms with van der Waals surface area (Å²) in [5, 5.41) is 2.97. The van der Waals surface area contributed by atoms with Crippen LogP contribution in [0.15, 0.2) is 24.5 Å². The molecule has 5 heteroatoms. The van der Waals surface area contributed by atoms with Crippen LogP contribution < -0.4 is 5.32 Å². The van der Waals surface area contributed by atoms with Crippen LogP contribution in [0.5, 0.6) is 0 Å². The standard InChI is InChI=1S/C16H23N3O2/c1-19-9-7-16(12-19)6-2-5-14(21-16)11-18-15(20)13-4-3-8-17-10-13/h3-4,8,10,14H,2,5-7,9,11-12H2,1H3,(H,18,20)/t14-,16+/m1/s1. The molecule has 1 aromatic rings. The molecule has 2 aliphatic heterocycles. The Kier molecular flexibility index (Phi) is 4.22. The maximum absolute atomic E-state index is 12.0. The molecule has 0 radical (unpaired) electrons. The number of likely N-dealkylation sites (N-methyl/N-ethyl adjacent to an activating group) is 1. The van der Waals surface area contributed by atoms with Crippen molar-refractivity contribution in [2.24, 2.45) is 0 Å². The Morgan fingerprint density at radius 2 is 2.48 bits per heavy atom. The molecule has 1 N–H and O–H groups in total. The molecule has 1 aromatic heterocycles. The first kappa shape index (κ1) is 14.5. The Morgan fingerprint density at radius 1 is 1.57 bits per heavy atom. The summed E-state index contributed by atoms with van der Waals surface area (Å²) >= 11 is 0. The molecular formula is C16H23N3O2. The maximum Gasteiger partial charge on any atom is 0.252 e. The minimum atomic E-state index is -0.0742. The zero-order valence-electron chi connectivity index (χ0n) is 12.5. The fourth-order valence-electron chi connectivity index (χ4n) is 3.42. The average molecular weight is 289 g/mol. The summed E-state index contributed by atoms with van der Waals surface area (Å²) in [6, 6.07) is 3.55. The Labute approximate surface area is 125 Å². The van der Waals surface area contributed by atoms with Gasteiger partial charge in [0.05, 0.1) is 17.3 Å². The fourth-order valence-corrected chi connectivity index (χ4v) is 3.42. The Morgan fingerprint density at radius 3 is 3.19 bits per heavy atom. The maximum atomic E-state index is 12.0. The lowest BCUT2D eigenvalue weighted by atomic mass is 9.90. The lowest BCUT2D eigenvalue weighted by Crippen LogP contribution is -2.46. The van der Waals surface area contributed by atoms with E-state index in [4.69, 9.17) is 4.74 Å². The number of ether oxygens (including phenoxy) is 1. The van der Waals surface area contributed by atoms with E-state index in [0.717, 1.165) is 32.4 Å². The highest BCUT2D eigenvalue weighted by Gasteiger charge is 2.41. The van der Waals surface area contributed by atoms with Crippen LogP contribution in [0.25, 0.3) is 0 Å². The van der Waals surface area contributed by atoms with Crippen molar-refractivity contribution in [1.82, 2.24) is 15.2 Å². The molecule has 2 fully saturated rings. The molecule has 1 amide bonds. The van der Waals surface area contributed by atoms with Crippen molar-refractivity contribution in [2.45, 2.75) is 37.4 Å². The third-order valence-corrected chi connectivity index (χ3v) is 4.50.